The average molecular weight is 290 g/mol. The fourth-order valence-corrected chi connectivity index (χ4v) is 3.19. The lowest BCUT2D eigenvalue weighted by Crippen LogP contribution is -2.48. The Hall–Kier alpha value is -1.55. The van der Waals surface area contributed by atoms with E-state index in [1.54, 1.807) is 6.07 Å². The molecule has 0 radical (unpaired) electrons. The van der Waals surface area contributed by atoms with Gasteiger partial charge in [0.25, 0.3) is 0 Å². The van der Waals surface area contributed by atoms with Gasteiger partial charge in [-0.3, -0.25) is 4.79 Å². The Morgan fingerprint density at radius 1 is 1.43 bits per heavy atom. The van der Waals surface area contributed by atoms with Crippen LogP contribution in [0, 0.1) is 0 Å². The van der Waals surface area contributed by atoms with Crippen molar-refractivity contribution in [3.8, 4) is 11.5 Å². The summed E-state index contributed by atoms with van der Waals surface area (Å²) in [5.74, 6) is 1.23. The highest BCUT2D eigenvalue weighted by Gasteiger charge is 2.43. The van der Waals surface area contributed by atoms with Crippen LogP contribution in [0.2, 0.25) is 0 Å². The minimum Gasteiger partial charge on any atom is -0.490 e. The van der Waals surface area contributed by atoms with Crippen LogP contribution in [0.4, 0.5) is 0 Å². The highest BCUT2D eigenvalue weighted by Crippen LogP contribution is 2.44. The van der Waals surface area contributed by atoms with E-state index in [-0.39, 0.29) is 11.7 Å². The van der Waals surface area contributed by atoms with E-state index in [1.807, 2.05) is 19.1 Å². The molecule has 114 valence electrons. The normalized spacial score (nSPS) is 23.4. The van der Waals surface area contributed by atoms with E-state index in [2.05, 4.69) is 0 Å². The summed E-state index contributed by atoms with van der Waals surface area (Å²) in [6, 6.07) is 5.44. The summed E-state index contributed by atoms with van der Waals surface area (Å²) in [7, 11) is 0. The van der Waals surface area contributed by atoms with Gasteiger partial charge in [-0.15, -0.1) is 0 Å². The number of ether oxygens (including phenoxy) is 3. The fourth-order valence-electron chi connectivity index (χ4n) is 3.19. The molecule has 1 aromatic carbocycles. The van der Waals surface area contributed by atoms with Gasteiger partial charge >= 0.3 is 0 Å². The lowest BCUT2D eigenvalue weighted by atomic mass is 9.74. The highest BCUT2D eigenvalue weighted by atomic mass is 16.5. The van der Waals surface area contributed by atoms with Gasteiger partial charge in [0.15, 0.2) is 17.8 Å². The Balaban J connectivity index is 1.78. The van der Waals surface area contributed by atoms with Gasteiger partial charge in [0.05, 0.1) is 24.4 Å². The lowest BCUT2D eigenvalue weighted by molar-refractivity contribution is -0.153. The number of benzene rings is 1. The molecular weight excluding hydrogens is 268 g/mol. The molecule has 1 spiro atoms. The molecule has 0 aromatic heterocycles. The first-order valence-electron chi connectivity index (χ1n) is 7.78. The zero-order valence-corrected chi connectivity index (χ0v) is 12.5. The van der Waals surface area contributed by atoms with Crippen LogP contribution in [0.15, 0.2) is 18.2 Å². The molecule has 1 saturated carbocycles. The molecule has 0 amide bonds. The second kappa shape index (κ2) is 6.06. The molecule has 4 heteroatoms. The summed E-state index contributed by atoms with van der Waals surface area (Å²) >= 11 is 0. The van der Waals surface area contributed by atoms with Crippen molar-refractivity contribution in [3.63, 3.8) is 0 Å². The summed E-state index contributed by atoms with van der Waals surface area (Å²) in [5.41, 5.74) is 0.584. The topological polar surface area (TPSA) is 44.8 Å². The van der Waals surface area contributed by atoms with Gasteiger partial charge in [0.1, 0.15) is 6.10 Å². The van der Waals surface area contributed by atoms with E-state index >= 15 is 0 Å². The monoisotopic (exact) mass is 290 g/mol. The van der Waals surface area contributed by atoms with E-state index < -0.39 is 0 Å². The van der Waals surface area contributed by atoms with E-state index in [9.17, 15) is 4.79 Å². The minimum absolute atomic E-state index is 0.0326. The predicted molar refractivity (Wildman–Crippen MR) is 79.2 cm³/mol. The lowest BCUT2D eigenvalue weighted by Gasteiger charge is -2.47. The Morgan fingerprint density at radius 2 is 2.29 bits per heavy atom. The van der Waals surface area contributed by atoms with Crippen LogP contribution < -0.4 is 9.47 Å². The Labute approximate surface area is 125 Å². The molecule has 0 N–H and O–H groups in total. The van der Waals surface area contributed by atoms with Crippen molar-refractivity contribution in [2.24, 2.45) is 0 Å². The molecule has 1 aliphatic carbocycles. The molecule has 21 heavy (non-hydrogen) atoms. The van der Waals surface area contributed by atoms with Crippen LogP contribution >= 0.6 is 0 Å². The first-order chi connectivity index (χ1) is 10.3. The van der Waals surface area contributed by atoms with Gasteiger partial charge < -0.3 is 14.2 Å². The Bertz CT molecular complexity index is 508. The molecule has 4 nitrogen and oxygen atoms in total. The third kappa shape index (κ3) is 2.91. The smallest absolute Gasteiger partial charge is 0.172 e. The molecule has 2 aliphatic rings. The van der Waals surface area contributed by atoms with Crippen molar-refractivity contribution in [3.05, 3.63) is 23.8 Å². The second-order valence-electron chi connectivity index (χ2n) is 5.84. The van der Waals surface area contributed by atoms with Crippen LogP contribution in [-0.2, 0) is 4.74 Å². The maximum atomic E-state index is 11.3. The number of carbonyl (C=O) groups is 1. The highest BCUT2D eigenvalue weighted by molar-refractivity contribution is 5.81. The predicted octanol–water partition coefficient (Wildman–Crippen LogP) is 3.38. The van der Waals surface area contributed by atoms with Crippen molar-refractivity contribution < 1.29 is 19.0 Å². The van der Waals surface area contributed by atoms with Crippen LogP contribution in [0.1, 0.15) is 49.4 Å². The number of rotatable bonds is 5. The van der Waals surface area contributed by atoms with Crippen molar-refractivity contribution in [2.45, 2.75) is 50.7 Å². The SMILES string of the molecule is CCOc1cccc(C=O)c1OC1CCOC2(CCC2)C1. The molecule has 0 bridgehead atoms. The summed E-state index contributed by atoms with van der Waals surface area (Å²) in [6.07, 6.45) is 6.19. The maximum Gasteiger partial charge on any atom is 0.172 e. The number of aldehydes is 1. The Morgan fingerprint density at radius 3 is 2.95 bits per heavy atom. The molecule has 1 aliphatic heterocycles. The Kier molecular flexibility index (Phi) is 4.15. The molecule has 1 saturated heterocycles. The largest absolute Gasteiger partial charge is 0.490 e. The second-order valence-corrected chi connectivity index (χ2v) is 5.84. The molecule has 1 atom stereocenters. The molecule has 3 rings (SSSR count). The summed E-state index contributed by atoms with van der Waals surface area (Å²) < 4.78 is 17.7. The van der Waals surface area contributed by atoms with Crippen LogP contribution in [0.3, 0.4) is 0 Å². The van der Waals surface area contributed by atoms with Crippen LogP contribution in [0.5, 0.6) is 11.5 Å². The van der Waals surface area contributed by atoms with Crippen molar-refractivity contribution >= 4 is 6.29 Å². The van der Waals surface area contributed by atoms with Gasteiger partial charge in [-0.25, -0.2) is 0 Å². The number of hydrogen-bond donors (Lipinski definition) is 0. The standard InChI is InChI=1S/C17H22O4/c1-2-19-15-6-3-5-13(12-18)16(15)21-14-7-10-20-17(11-14)8-4-9-17/h3,5-6,12,14H,2,4,7-11H2,1H3. The molecule has 1 heterocycles. The number of carbonyl (C=O) groups excluding carboxylic acids is 1. The van der Waals surface area contributed by atoms with Gasteiger partial charge in [-0.2, -0.15) is 0 Å². The zero-order valence-electron chi connectivity index (χ0n) is 12.5. The van der Waals surface area contributed by atoms with E-state index in [4.69, 9.17) is 14.2 Å². The quantitative estimate of drug-likeness (QED) is 0.780. The van der Waals surface area contributed by atoms with E-state index in [0.717, 1.165) is 38.6 Å². The maximum absolute atomic E-state index is 11.3. The summed E-state index contributed by atoms with van der Waals surface area (Å²) in [6.45, 7) is 3.21. The number of hydrogen-bond acceptors (Lipinski definition) is 4. The third-order valence-corrected chi connectivity index (χ3v) is 4.43. The first-order valence-corrected chi connectivity index (χ1v) is 7.78. The van der Waals surface area contributed by atoms with Crippen molar-refractivity contribution in [1.29, 1.82) is 0 Å². The van der Waals surface area contributed by atoms with Gasteiger partial charge in [0.2, 0.25) is 0 Å². The van der Waals surface area contributed by atoms with Crippen LogP contribution in [-0.4, -0.2) is 31.2 Å². The molecule has 2 fully saturated rings. The third-order valence-electron chi connectivity index (χ3n) is 4.43. The van der Waals surface area contributed by atoms with E-state index in [1.165, 1.54) is 6.42 Å². The van der Waals surface area contributed by atoms with Gasteiger partial charge in [-0.05, 0) is 38.3 Å². The fraction of sp³-hybridized carbons (Fsp3) is 0.588. The average Bonchev–Trinajstić information content (AvgIpc) is 2.48. The number of para-hydroxylation sites is 1. The molecule has 1 aromatic rings. The molecular formula is C17H22O4. The van der Waals surface area contributed by atoms with E-state index in [0.29, 0.717) is 23.7 Å². The minimum atomic E-state index is 0.0326. The summed E-state index contributed by atoms with van der Waals surface area (Å²) in [5, 5.41) is 0. The van der Waals surface area contributed by atoms with Gasteiger partial charge in [-0.1, -0.05) is 6.07 Å². The van der Waals surface area contributed by atoms with Crippen LogP contribution in [0.25, 0.3) is 0 Å². The first kappa shape index (κ1) is 14.4. The van der Waals surface area contributed by atoms with Crippen molar-refractivity contribution in [2.75, 3.05) is 13.2 Å². The zero-order chi connectivity index (χ0) is 14.7. The van der Waals surface area contributed by atoms with Crippen molar-refractivity contribution in [1.82, 2.24) is 0 Å². The molecule has 1 unspecified atom stereocenters. The van der Waals surface area contributed by atoms with Gasteiger partial charge in [0, 0.05) is 12.8 Å². The summed E-state index contributed by atoms with van der Waals surface area (Å²) in [4.78, 5) is 11.3.